The van der Waals surface area contributed by atoms with Crippen LogP contribution in [0.3, 0.4) is 0 Å². The van der Waals surface area contributed by atoms with Crippen LogP contribution in [0.1, 0.15) is 64.5 Å². The van der Waals surface area contributed by atoms with Gasteiger partial charge in [-0.3, -0.25) is 0 Å². The molecule has 1 rings (SSSR count). The molecular formula is C20H36P2. The van der Waals surface area contributed by atoms with Crippen LogP contribution in [0.4, 0.5) is 0 Å². The molecule has 0 nitrogen and oxygen atoms in total. The lowest BCUT2D eigenvalue weighted by Crippen LogP contribution is -1.96. The third kappa shape index (κ3) is 8.08. The first kappa shape index (κ1) is 20.1. The van der Waals surface area contributed by atoms with E-state index in [4.69, 9.17) is 0 Å². The second kappa shape index (κ2) is 12.5. The van der Waals surface area contributed by atoms with Crippen LogP contribution in [0, 0.1) is 0 Å². The summed E-state index contributed by atoms with van der Waals surface area (Å²) in [5, 5.41) is 0. The number of rotatable bonds is 12. The van der Waals surface area contributed by atoms with Crippen molar-refractivity contribution in [3.63, 3.8) is 0 Å². The van der Waals surface area contributed by atoms with Crippen LogP contribution in [0.15, 0.2) is 24.3 Å². The molecular weight excluding hydrogens is 302 g/mol. The van der Waals surface area contributed by atoms with Crippen molar-refractivity contribution in [2.24, 2.45) is 0 Å². The molecule has 0 heterocycles. The predicted octanol–water partition coefficient (Wildman–Crippen LogP) is 7.29. The molecule has 1 aromatic rings. The second-order valence-electron chi connectivity index (χ2n) is 6.37. The minimum Gasteiger partial charge on any atom is -0.102 e. The van der Waals surface area contributed by atoms with E-state index in [1.165, 1.54) is 62.7 Å². The molecule has 126 valence electrons. The van der Waals surface area contributed by atoms with E-state index in [0.29, 0.717) is 0 Å². The van der Waals surface area contributed by atoms with E-state index in [9.17, 15) is 0 Å². The maximum Gasteiger partial charge on any atom is -0.00730 e. The Morgan fingerprint density at radius 3 is 1.32 bits per heavy atom. The molecule has 0 amide bonds. The first-order valence-electron chi connectivity index (χ1n) is 9.25. The van der Waals surface area contributed by atoms with E-state index in [2.05, 4.69) is 52.0 Å². The molecule has 22 heavy (non-hydrogen) atoms. The molecule has 0 radical (unpaired) electrons. The van der Waals surface area contributed by atoms with Gasteiger partial charge >= 0.3 is 0 Å². The first-order valence-corrected chi connectivity index (χ1v) is 13.0. The van der Waals surface area contributed by atoms with E-state index in [-0.39, 0.29) is 15.8 Å². The zero-order valence-corrected chi connectivity index (χ0v) is 17.1. The molecule has 0 aliphatic rings. The van der Waals surface area contributed by atoms with Crippen LogP contribution < -0.4 is 0 Å². The van der Waals surface area contributed by atoms with Crippen molar-refractivity contribution < 1.29 is 0 Å². The molecule has 0 unspecified atom stereocenters. The molecule has 1 aromatic carbocycles. The largest absolute Gasteiger partial charge is 0.102 e. The molecule has 0 saturated heterocycles. The van der Waals surface area contributed by atoms with Crippen molar-refractivity contribution >= 4 is 15.8 Å². The van der Waals surface area contributed by atoms with Gasteiger partial charge in [-0.05, 0) is 48.1 Å². The molecule has 0 aromatic heterocycles. The van der Waals surface area contributed by atoms with Crippen LogP contribution in [-0.2, 0) is 12.3 Å². The molecule has 0 aliphatic carbocycles. The average Bonchev–Trinajstić information content (AvgIpc) is 2.49. The van der Waals surface area contributed by atoms with E-state index < -0.39 is 0 Å². The normalized spacial score (nSPS) is 11.5. The first-order chi connectivity index (χ1) is 10.7. The van der Waals surface area contributed by atoms with Crippen LogP contribution >= 0.6 is 15.8 Å². The van der Waals surface area contributed by atoms with Crippen LogP contribution in [-0.4, -0.2) is 24.6 Å². The lowest BCUT2D eigenvalue weighted by Gasteiger charge is -2.19. The third-order valence-electron chi connectivity index (χ3n) is 3.96. The van der Waals surface area contributed by atoms with Crippen LogP contribution in [0.2, 0.25) is 0 Å². The highest BCUT2D eigenvalue weighted by molar-refractivity contribution is 7.57. The highest BCUT2D eigenvalue weighted by Gasteiger charge is 2.10. The van der Waals surface area contributed by atoms with Crippen molar-refractivity contribution in [1.29, 1.82) is 0 Å². The topological polar surface area (TPSA) is 0 Å². The molecule has 0 N–H and O–H groups in total. The summed E-state index contributed by atoms with van der Waals surface area (Å²) in [6.45, 7) is 9.35. The Labute approximate surface area is 142 Å². The van der Waals surface area contributed by atoms with Gasteiger partial charge in [0.05, 0.1) is 0 Å². The molecule has 0 spiro atoms. The zero-order chi connectivity index (χ0) is 16.2. The van der Waals surface area contributed by atoms with E-state index >= 15 is 0 Å². The fraction of sp³-hybridized carbons (Fsp3) is 0.700. The van der Waals surface area contributed by atoms with Crippen molar-refractivity contribution in [1.82, 2.24) is 0 Å². The Morgan fingerprint density at radius 1 is 0.636 bits per heavy atom. The summed E-state index contributed by atoms with van der Waals surface area (Å²) in [7, 11) is 0.444. The van der Waals surface area contributed by atoms with Gasteiger partial charge in [-0.2, -0.15) is 0 Å². The molecule has 0 aliphatic heterocycles. The van der Waals surface area contributed by atoms with Crippen molar-refractivity contribution in [3.05, 3.63) is 35.4 Å². The van der Waals surface area contributed by atoms with Crippen LogP contribution in [0.25, 0.3) is 0 Å². The minimum atomic E-state index is 0.222. The Balaban J connectivity index is 2.67. The smallest absolute Gasteiger partial charge is 0.00730 e. The predicted molar refractivity (Wildman–Crippen MR) is 108 cm³/mol. The van der Waals surface area contributed by atoms with E-state index in [0.717, 1.165) is 0 Å². The van der Waals surface area contributed by atoms with Gasteiger partial charge in [0, 0.05) is 0 Å². The molecule has 0 fully saturated rings. The second-order valence-corrected chi connectivity index (χ2v) is 11.5. The van der Waals surface area contributed by atoms with Gasteiger partial charge in [-0.25, -0.2) is 0 Å². The maximum atomic E-state index is 2.53. The van der Waals surface area contributed by atoms with Crippen molar-refractivity contribution in [3.8, 4) is 0 Å². The monoisotopic (exact) mass is 338 g/mol. The van der Waals surface area contributed by atoms with E-state index in [1.54, 1.807) is 11.1 Å². The number of hydrogen-bond acceptors (Lipinski definition) is 0. The summed E-state index contributed by atoms with van der Waals surface area (Å²) in [5.74, 6) is 0. The Kier molecular flexibility index (Phi) is 11.4. The summed E-state index contributed by atoms with van der Waals surface area (Å²) in [4.78, 5) is 0. The molecule has 0 bridgehead atoms. The number of hydrogen-bond donors (Lipinski definition) is 0. The fourth-order valence-electron chi connectivity index (χ4n) is 3.15. The third-order valence-corrected chi connectivity index (χ3v) is 9.91. The van der Waals surface area contributed by atoms with Gasteiger partial charge in [0.1, 0.15) is 0 Å². The van der Waals surface area contributed by atoms with Crippen molar-refractivity contribution in [2.75, 3.05) is 24.6 Å². The van der Waals surface area contributed by atoms with Gasteiger partial charge in [0.2, 0.25) is 0 Å². The molecule has 2 heteroatoms. The quantitative estimate of drug-likeness (QED) is 0.351. The zero-order valence-electron chi connectivity index (χ0n) is 15.3. The molecule has 0 atom stereocenters. The molecule has 0 saturated carbocycles. The highest BCUT2D eigenvalue weighted by Crippen LogP contribution is 2.43. The Hall–Kier alpha value is 0.0800. The summed E-state index contributed by atoms with van der Waals surface area (Å²) < 4.78 is 0. The Morgan fingerprint density at radius 2 is 1.00 bits per heavy atom. The van der Waals surface area contributed by atoms with Crippen LogP contribution in [0.5, 0.6) is 0 Å². The summed E-state index contributed by atoms with van der Waals surface area (Å²) >= 11 is 0. The number of benzene rings is 1. The summed E-state index contributed by atoms with van der Waals surface area (Å²) in [6.07, 6.45) is 13.9. The minimum absolute atomic E-state index is 0.222. The maximum absolute atomic E-state index is 2.53. The lowest BCUT2D eigenvalue weighted by atomic mass is 10.2. The summed E-state index contributed by atoms with van der Waals surface area (Å²) in [6, 6.07) is 9.57. The van der Waals surface area contributed by atoms with Crippen molar-refractivity contribution in [2.45, 2.75) is 65.7 Å². The van der Waals surface area contributed by atoms with Gasteiger partial charge in [0.15, 0.2) is 0 Å². The van der Waals surface area contributed by atoms with Gasteiger partial charge in [-0.15, -0.1) is 15.8 Å². The average molecular weight is 338 g/mol. The van der Waals surface area contributed by atoms with Gasteiger partial charge < -0.3 is 0 Å². The fourth-order valence-corrected chi connectivity index (χ4v) is 8.18. The summed E-state index contributed by atoms with van der Waals surface area (Å²) in [5.41, 5.74) is 3.21. The SMILES string of the molecule is CCCP(CCC)Cc1cccc(CP(CCC)CCC)c1. The van der Waals surface area contributed by atoms with E-state index in [1.807, 2.05) is 0 Å². The standard InChI is InChI=1S/C20H36P2/c1-5-12-21(13-6-2)17-19-10-9-11-20(16-19)18-22(14-7-3)15-8-4/h9-11,16H,5-8,12-15,17-18H2,1-4H3. The highest BCUT2D eigenvalue weighted by atomic mass is 31.1. The Bertz CT molecular complexity index is 344. The van der Waals surface area contributed by atoms with Gasteiger partial charge in [0.25, 0.3) is 0 Å². The van der Waals surface area contributed by atoms with Gasteiger partial charge in [-0.1, -0.05) is 77.6 Å². The lowest BCUT2D eigenvalue weighted by molar-refractivity contribution is 1.04.